The Morgan fingerprint density at radius 3 is 3.10 bits per heavy atom. The second-order valence-corrected chi connectivity index (χ2v) is 5.47. The van der Waals surface area contributed by atoms with E-state index in [1.807, 2.05) is 6.92 Å². The number of aryl methyl sites for hydroxylation is 1. The number of ether oxygens (including phenoxy) is 2. The molecule has 0 aromatic carbocycles. The largest absolute Gasteiger partial charge is 0.376 e. The maximum atomic E-state index is 12.1. The van der Waals surface area contributed by atoms with Gasteiger partial charge >= 0.3 is 0 Å². The molecule has 6 heteroatoms. The predicted octanol–water partition coefficient (Wildman–Crippen LogP) is 0.869. The summed E-state index contributed by atoms with van der Waals surface area (Å²) in [6.07, 6.45) is 5.88. The van der Waals surface area contributed by atoms with Crippen molar-refractivity contribution in [2.45, 2.75) is 38.5 Å². The first-order chi connectivity index (χ1) is 9.78. The van der Waals surface area contributed by atoms with Gasteiger partial charge < -0.3 is 19.4 Å². The Bertz CT molecular complexity index is 513. The highest BCUT2D eigenvalue weighted by molar-refractivity contribution is 5.33. The zero-order valence-electron chi connectivity index (χ0n) is 11.7. The minimum atomic E-state index is -0.0946. The molecule has 20 heavy (non-hydrogen) atoms. The summed E-state index contributed by atoms with van der Waals surface area (Å²) < 4.78 is 13.0. The normalized spacial score (nSPS) is 25.9. The van der Waals surface area contributed by atoms with E-state index in [9.17, 15) is 4.79 Å². The molecular formula is C14H21N3O3. The van der Waals surface area contributed by atoms with Gasteiger partial charge in [-0.3, -0.25) is 4.79 Å². The van der Waals surface area contributed by atoms with Crippen LogP contribution in [0.1, 0.15) is 19.8 Å². The zero-order chi connectivity index (χ0) is 13.9. The Morgan fingerprint density at radius 1 is 1.50 bits per heavy atom. The Balaban J connectivity index is 1.64. The van der Waals surface area contributed by atoms with Crippen LogP contribution in [0.2, 0.25) is 0 Å². The molecule has 3 rings (SSSR count). The lowest BCUT2D eigenvalue weighted by atomic mass is 10.2. The van der Waals surface area contributed by atoms with Crippen molar-refractivity contribution in [3.63, 3.8) is 0 Å². The first-order valence-corrected chi connectivity index (χ1v) is 7.29. The first kappa shape index (κ1) is 13.6. The average Bonchev–Trinajstić information content (AvgIpc) is 3.19. The topological polar surface area (TPSA) is 65.4 Å². The molecule has 0 radical (unpaired) electrons. The molecule has 1 saturated carbocycles. The second kappa shape index (κ2) is 5.93. The SMILES string of the molecule is CCn1ccnc(N[C@H]2COC[C@@H]2OCC2CC2)c1=O. The molecule has 0 unspecified atom stereocenters. The van der Waals surface area contributed by atoms with E-state index in [-0.39, 0.29) is 17.7 Å². The van der Waals surface area contributed by atoms with Gasteiger partial charge in [0, 0.05) is 25.5 Å². The van der Waals surface area contributed by atoms with Gasteiger partial charge in [0.25, 0.3) is 5.56 Å². The van der Waals surface area contributed by atoms with Gasteiger partial charge in [-0.1, -0.05) is 0 Å². The maximum Gasteiger partial charge on any atom is 0.293 e. The summed E-state index contributed by atoms with van der Waals surface area (Å²) in [5, 5.41) is 3.18. The highest BCUT2D eigenvalue weighted by Crippen LogP contribution is 2.30. The molecule has 1 saturated heterocycles. The molecule has 1 aliphatic heterocycles. The van der Waals surface area contributed by atoms with Crippen molar-refractivity contribution in [2.75, 3.05) is 25.1 Å². The van der Waals surface area contributed by atoms with E-state index in [0.717, 1.165) is 12.5 Å². The van der Waals surface area contributed by atoms with E-state index >= 15 is 0 Å². The van der Waals surface area contributed by atoms with Crippen LogP contribution < -0.4 is 10.9 Å². The Labute approximate surface area is 118 Å². The fraction of sp³-hybridized carbons (Fsp3) is 0.714. The molecule has 1 N–H and O–H groups in total. The number of nitrogens with zero attached hydrogens (tertiary/aromatic N) is 2. The number of hydrogen-bond acceptors (Lipinski definition) is 5. The van der Waals surface area contributed by atoms with Gasteiger partial charge in [0.15, 0.2) is 5.82 Å². The van der Waals surface area contributed by atoms with E-state index in [4.69, 9.17) is 9.47 Å². The van der Waals surface area contributed by atoms with Gasteiger partial charge in [-0.15, -0.1) is 0 Å². The summed E-state index contributed by atoms with van der Waals surface area (Å²) in [6.45, 7) is 4.51. The molecule has 0 amide bonds. The van der Waals surface area contributed by atoms with E-state index in [1.54, 1.807) is 17.0 Å². The molecule has 110 valence electrons. The minimum Gasteiger partial charge on any atom is -0.376 e. The lowest BCUT2D eigenvalue weighted by Crippen LogP contribution is -2.37. The fourth-order valence-electron chi connectivity index (χ4n) is 2.35. The fourth-order valence-corrected chi connectivity index (χ4v) is 2.35. The van der Waals surface area contributed by atoms with Gasteiger partial charge in [0.05, 0.1) is 19.3 Å². The molecule has 2 heterocycles. The van der Waals surface area contributed by atoms with Crippen molar-refractivity contribution in [3.8, 4) is 0 Å². The maximum absolute atomic E-state index is 12.1. The van der Waals surface area contributed by atoms with Crippen molar-refractivity contribution in [3.05, 3.63) is 22.7 Å². The van der Waals surface area contributed by atoms with E-state index < -0.39 is 0 Å². The monoisotopic (exact) mass is 279 g/mol. The van der Waals surface area contributed by atoms with Crippen molar-refractivity contribution in [1.82, 2.24) is 9.55 Å². The van der Waals surface area contributed by atoms with Crippen LogP contribution in [0.4, 0.5) is 5.82 Å². The number of anilines is 1. The van der Waals surface area contributed by atoms with Gasteiger partial charge in [0.2, 0.25) is 0 Å². The van der Waals surface area contributed by atoms with Crippen LogP contribution in [0.25, 0.3) is 0 Å². The Hall–Kier alpha value is -1.40. The van der Waals surface area contributed by atoms with Crippen molar-refractivity contribution >= 4 is 5.82 Å². The summed E-state index contributed by atoms with van der Waals surface area (Å²) in [5.41, 5.74) is -0.0946. The summed E-state index contributed by atoms with van der Waals surface area (Å²) in [6, 6.07) is 0.00153. The van der Waals surface area contributed by atoms with Crippen LogP contribution >= 0.6 is 0 Å². The molecular weight excluding hydrogens is 258 g/mol. The molecule has 2 atom stereocenters. The lowest BCUT2D eigenvalue weighted by Gasteiger charge is -2.20. The highest BCUT2D eigenvalue weighted by Gasteiger charge is 2.32. The Morgan fingerprint density at radius 2 is 2.35 bits per heavy atom. The molecule has 0 bridgehead atoms. The van der Waals surface area contributed by atoms with Crippen molar-refractivity contribution < 1.29 is 9.47 Å². The van der Waals surface area contributed by atoms with Gasteiger partial charge in [-0.2, -0.15) is 0 Å². The van der Waals surface area contributed by atoms with Crippen LogP contribution in [0, 0.1) is 5.92 Å². The summed E-state index contributed by atoms with van der Waals surface area (Å²) in [4.78, 5) is 16.3. The highest BCUT2D eigenvalue weighted by atomic mass is 16.5. The zero-order valence-corrected chi connectivity index (χ0v) is 11.7. The summed E-state index contributed by atoms with van der Waals surface area (Å²) in [7, 11) is 0. The quantitative estimate of drug-likeness (QED) is 0.837. The van der Waals surface area contributed by atoms with Gasteiger partial charge in [-0.05, 0) is 25.7 Å². The van der Waals surface area contributed by atoms with Gasteiger partial charge in [-0.25, -0.2) is 4.98 Å². The molecule has 1 aromatic rings. The van der Waals surface area contributed by atoms with Crippen LogP contribution in [0.3, 0.4) is 0 Å². The lowest BCUT2D eigenvalue weighted by molar-refractivity contribution is 0.0334. The smallest absolute Gasteiger partial charge is 0.293 e. The van der Waals surface area contributed by atoms with Gasteiger partial charge in [0.1, 0.15) is 6.10 Å². The molecule has 2 fully saturated rings. The number of rotatable bonds is 6. The third kappa shape index (κ3) is 3.02. The average molecular weight is 279 g/mol. The number of aromatic nitrogens is 2. The molecule has 2 aliphatic rings. The van der Waals surface area contributed by atoms with Crippen LogP contribution in [0.5, 0.6) is 0 Å². The predicted molar refractivity (Wildman–Crippen MR) is 74.9 cm³/mol. The third-order valence-corrected chi connectivity index (χ3v) is 3.85. The summed E-state index contributed by atoms with van der Waals surface area (Å²) >= 11 is 0. The van der Waals surface area contributed by atoms with E-state index in [0.29, 0.717) is 25.6 Å². The molecule has 1 aliphatic carbocycles. The second-order valence-electron chi connectivity index (χ2n) is 5.47. The molecule has 0 spiro atoms. The van der Waals surface area contributed by atoms with Crippen LogP contribution in [0.15, 0.2) is 17.2 Å². The van der Waals surface area contributed by atoms with E-state index in [1.165, 1.54) is 12.8 Å². The van der Waals surface area contributed by atoms with E-state index in [2.05, 4.69) is 10.3 Å². The number of hydrogen-bond donors (Lipinski definition) is 1. The number of nitrogens with one attached hydrogen (secondary N) is 1. The summed E-state index contributed by atoms with van der Waals surface area (Å²) in [5.74, 6) is 1.10. The minimum absolute atomic E-state index is 0.00153. The third-order valence-electron chi connectivity index (χ3n) is 3.85. The molecule has 6 nitrogen and oxygen atoms in total. The van der Waals surface area contributed by atoms with Crippen molar-refractivity contribution in [1.29, 1.82) is 0 Å². The first-order valence-electron chi connectivity index (χ1n) is 7.29. The standard InChI is InChI=1S/C14H21N3O3/c1-2-17-6-5-15-13(14(17)18)16-11-8-19-9-12(11)20-7-10-3-4-10/h5-6,10-12H,2-4,7-9H2,1H3,(H,15,16)/t11-,12-/m0/s1. The van der Waals surface area contributed by atoms with Crippen LogP contribution in [-0.4, -0.2) is 41.5 Å². The Kier molecular flexibility index (Phi) is 4.03. The van der Waals surface area contributed by atoms with Crippen molar-refractivity contribution in [2.24, 2.45) is 5.92 Å². The van der Waals surface area contributed by atoms with Crippen LogP contribution in [-0.2, 0) is 16.0 Å². The molecule has 1 aromatic heterocycles.